The molecule has 0 aliphatic heterocycles. The Kier molecular flexibility index (Phi) is 6.96. The molecule has 0 spiro atoms. The van der Waals surface area contributed by atoms with Crippen molar-refractivity contribution in [2.24, 2.45) is 0 Å². The number of ketones is 1. The normalized spacial score (nSPS) is 12.1. The summed E-state index contributed by atoms with van der Waals surface area (Å²) in [4.78, 5) is 24.3. The van der Waals surface area contributed by atoms with E-state index in [0.717, 1.165) is 5.56 Å². The first kappa shape index (κ1) is 22.0. The second kappa shape index (κ2) is 10.4. The van der Waals surface area contributed by atoms with Gasteiger partial charge in [-0.3, -0.25) is 4.79 Å². The van der Waals surface area contributed by atoms with Gasteiger partial charge >= 0.3 is 6.09 Å². The predicted octanol–water partition coefficient (Wildman–Crippen LogP) is 5.72. The number of rotatable bonds is 8. The highest BCUT2D eigenvalue weighted by Gasteiger charge is 2.28. The van der Waals surface area contributed by atoms with Crippen LogP contribution in [0.1, 0.15) is 45.8 Å². The lowest BCUT2D eigenvalue weighted by molar-refractivity contribution is 0.0997. The van der Waals surface area contributed by atoms with Crippen LogP contribution in [-0.2, 0) is 4.74 Å². The fourth-order valence-corrected chi connectivity index (χ4v) is 4.18. The summed E-state index contributed by atoms with van der Waals surface area (Å²) in [6.45, 7) is 0.700. The van der Waals surface area contributed by atoms with E-state index in [9.17, 15) is 9.59 Å². The van der Waals surface area contributed by atoms with Crippen molar-refractivity contribution < 1.29 is 14.3 Å². The highest BCUT2D eigenvalue weighted by Crippen LogP contribution is 2.44. The van der Waals surface area contributed by atoms with Gasteiger partial charge in [-0.1, -0.05) is 84.9 Å². The van der Waals surface area contributed by atoms with Gasteiger partial charge in [0.25, 0.3) is 0 Å². The van der Waals surface area contributed by atoms with Crippen LogP contribution in [-0.4, -0.2) is 25.0 Å². The Bertz CT molecular complexity index is 1190. The van der Waals surface area contributed by atoms with Crippen LogP contribution in [0.25, 0.3) is 17.2 Å². The lowest BCUT2D eigenvalue weighted by atomic mass is 9.98. The van der Waals surface area contributed by atoms with Crippen molar-refractivity contribution in [3.05, 3.63) is 101 Å². The number of ether oxygens (including phenoxy) is 1. The summed E-state index contributed by atoms with van der Waals surface area (Å²) in [5.74, 6) is -0.167. The summed E-state index contributed by atoms with van der Waals surface area (Å²) in [6, 6.07) is 25.5. The van der Waals surface area contributed by atoms with Crippen LogP contribution in [0.2, 0.25) is 0 Å². The summed E-state index contributed by atoms with van der Waals surface area (Å²) in [7, 11) is 0. The number of benzene rings is 3. The first-order chi connectivity index (χ1) is 16.2. The summed E-state index contributed by atoms with van der Waals surface area (Å²) in [5.41, 5.74) is 6.04. The molecule has 33 heavy (non-hydrogen) atoms. The van der Waals surface area contributed by atoms with E-state index in [-0.39, 0.29) is 24.7 Å². The van der Waals surface area contributed by atoms with Crippen LogP contribution in [0.4, 0.5) is 4.79 Å². The van der Waals surface area contributed by atoms with Crippen LogP contribution < -0.4 is 5.32 Å². The van der Waals surface area contributed by atoms with Crippen molar-refractivity contribution in [3.63, 3.8) is 0 Å². The quantitative estimate of drug-likeness (QED) is 0.361. The second-order valence-corrected chi connectivity index (χ2v) is 7.79. The molecule has 164 valence electrons. The first-order valence-corrected chi connectivity index (χ1v) is 10.9. The number of nitrogens with zero attached hydrogens (tertiary/aromatic N) is 1. The Hall–Kier alpha value is -4.17. The number of carbonyl (C=O) groups is 2. The van der Waals surface area contributed by atoms with E-state index in [1.807, 2.05) is 54.6 Å². The molecule has 0 saturated heterocycles. The van der Waals surface area contributed by atoms with Crippen LogP contribution in [0, 0.1) is 11.3 Å². The third kappa shape index (κ3) is 5.02. The molecule has 0 heterocycles. The standard InChI is InChI=1S/C28H24N2O3/c29-17-16-27(31)21-11-2-1-9-20(21)10-7-8-18-30-28(32)33-19-26-24-14-5-3-12-22(24)23-13-4-6-15-25(23)26/h1-7,9-15,26H,8,16,18-19H2,(H,30,32). The molecule has 0 saturated carbocycles. The average Bonchev–Trinajstić information content (AvgIpc) is 3.16. The maximum atomic E-state index is 12.2. The number of fused-ring (bicyclic) bond motifs is 3. The molecular weight excluding hydrogens is 412 g/mol. The number of hydrogen-bond acceptors (Lipinski definition) is 4. The highest BCUT2D eigenvalue weighted by atomic mass is 16.5. The van der Waals surface area contributed by atoms with Gasteiger partial charge in [0.15, 0.2) is 5.78 Å². The van der Waals surface area contributed by atoms with Crippen LogP contribution in [0.5, 0.6) is 0 Å². The maximum Gasteiger partial charge on any atom is 0.407 e. The van der Waals surface area contributed by atoms with Crippen LogP contribution in [0.15, 0.2) is 78.9 Å². The molecule has 0 bridgehead atoms. The Balaban J connectivity index is 1.28. The van der Waals surface area contributed by atoms with Crippen molar-refractivity contribution >= 4 is 18.0 Å². The van der Waals surface area contributed by atoms with Gasteiger partial charge in [0.2, 0.25) is 0 Å². The molecule has 0 fully saturated rings. The molecule has 0 unspecified atom stereocenters. The number of hydrogen-bond donors (Lipinski definition) is 1. The average molecular weight is 437 g/mol. The maximum absolute atomic E-state index is 12.2. The second-order valence-electron chi connectivity index (χ2n) is 7.79. The largest absolute Gasteiger partial charge is 0.449 e. The van der Waals surface area contributed by atoms with Crippen LogP contribution in [0.3, 0.4) is 0 Å². The van der Waals surface area contributed by atoms with Crippen molar-refractivity contribution in [2.45, 2.75) is 18.8 Å². The van der Waals surface area contributed by atoms with Crippen molar-refractivity contribution in [1.82, 2.24) is 5.32 Å². The lowest BCUT2D eigenvalue weighted by Crippen LogP contribution is -2.26. The number of nitrogens with one attached hydrogen (secondary N) is 1. The zero-order chi connectivity index (χ0) is 23.0. The Morgan fingerprint density at radius 3 is 2.27 bits per heavy atom. The van der Waals surface area contributed by atoms with E-state index in [1.54, 1.807) is 12.1 Å². The van der Waals surface area contributed by atoms with E-state index in [4.69, 9.17) is 10.00 Å². The lowest BCUT2D eigenvalue weighted by Gasteiger charge is -2.14. The third-order valence-electron chi connectivity index (χ3n) is 5.72. The molecule has 1 amide bonds. The predicted molar refractivity (Wildman–Crippen MR) is 128 cm³/mol. The Labute approximate surface area is 193 Å². The molecule has 5 heteroatoms. The molecule has 1 aliphatic carbocycles. The van der Waals surface area contributed by atoms with E-state index in [1.165, 1.54) is 22.3 Å². The van der Waals surface area contributed by atoms with Gasteiger partial charge in [0, 0.05) is 18.0 Å². The number of amides is 1. The number of nitriles is 1. The van der Waals surface area contributed by atoms with Crippen molar-refractivity contribution in [2.75, 3.05) is 13.2 Å². The first-order valence-electron chi connectivity index (χ1n) is 10.9. The molecular formula is C28H24N2O3. The van der Waals surface area contributed by atoms with Gasteiger partial charge in [-0.2, -0.15) is 5.26 Å². The Morgan fingerprint density at radius 1 is 0.939 bits per heavy atom. The van der Waals surface area contributed by atoms with Crippen molar-refractivity contribution in [1.29, 1.82) is 5.26 Å². The van der Waals surface area contributed by atoms with E-state index >= 15 is 0 Å². The highest BCUT2D eigenvalue weighted by molar-refractivity contribution is 6.00. The number of Topliss-reactive ketones (excluding diaryl/α,β-unsaturated/α-hetero) is 1. The fraction of sp³-hybridized carbons (Fsp3) is 0.179. The third-order valence-corrected chi connectivity index (χ3v) is 5.72. The topological polar surface area (TPSA) is 79.2 Å². The molecule has 4 rings (SSSR count). The summed E-state index contributed by atoms with van der Waals surface area (Å²) >= 11 is 0. The van der Waals surface area contributed by atoms with Crippen molar-refractivity contribution in [3.8, 4) is 17.2 Å². The molecule has 0 atom stereocenters. The monoisotopic (exact) mass is 436 g/mol. The molecule has 0 radical (unpaired) electrons. The van der Waals surface area contributed by atoms with E-state index in [2.05, 4.69) is 29.6 Å². The summed E-state index contributed by atoms with van der Waals surface area (Å²) in [5, 5.41) is 11.5. The zero-order valence-corrected chi connectivity index (χ0v) is 18.2. The molecule has 1 aliphatic rings. The van der Waals surface area contributed by atoms with Gasteiger partial charge in [0.05, 0.1) is 12.5 Å². The molecule has 0 aromatic heterocycles. The minimum atomic E-state index is -0.449. The van der Waals surface area contributed by atoms with Gasteiger partial charge in [0.1, 0.15) is 6.61 Å². The molecule has 3 aromatic carbocycles. The molecule has 3 aromatic rings. The molecule has 5 nitrogen and oxygen atoms in total. The minimum absolute atomic E-state index is 0.0329. The zero-order valence-electron chi connectivity index (χ0n) is 18.2. The molecule has 1 N–H and O–H groups in total. The van der Waals surface area contributed by atoms with Gasteiger partial charge in [-0.15, -0.1) is 0 Å². The van der Waals surface area contributed by atoms with Gasteiger partial charge in [-0.05, 0) is 34.2 Å². The van der Waals surface area contributed by atoms with Crippen LogP contribution >= 0.6 is 0 Å². The van der Waals surface area contributed by atoms with E-state index in [0.29, 0.717) is 18.5 Å². The number of carbonyl (C=O) groups excluding carboxylic acids is 2. The van der Waals surface area contributed by atoms with Gasteiger partial charge in [-0.25, -0.2) is 4.79 Å². The fourth-order valence-electron chi connectivity index (χ4n) is 4.18. The SMILES string of the molecule is N#CCC(=O)c1ccccc1C=CCCNC(=O)OCC1c2ccccc2-c2ccccc21. The number of alkyl carbamates (subject to hydrolysis) is 1. The Morgan fingerprint density at radius 2 is 1.58 bits per heavy atom. The van der Waals surface area contributed by atoms with E-state index < -0.39 is 6.09 Å². The smallest absolute Gasteiger partial charge is 0.407 e. The summed E-state index contributed by atoms with van der Waals surface area (Å²) < 4.78 is 5.53. The van der Waals surface area contributed by atoms with Gasteiger partial charge < -0.3 is 10.1 Å². The minimum Gasteiger partial charge on any atom is -0.449 e. The summed E-state index contributed by atoms with van der Waals surface area (Å²) in [6.07, 6.45) is 3.72.